The minimum atomic E-state index is -3.85. The maximum atomic E-state index is 13.2. The van der Waals surface area contributed by atoms with Crippen molar-refractivity contribution >= 4 is 27.3 Å². The molecule has 1 unspecified atom stereocenters. The molecular formula is C18H19FN2O3S. The Hall–Kier alpha value is -2.41. The fraction of sp³-hybridized carbons (Fsp3) is 0.278. The largest absolute Gasteiger partial charge is 0.325 e. The molecule has 0 spiro atoms. The van der Waals surface area contributed by atoms with Crippen LogP contribution in [0.5, 0.6) is 0 Å². The molecule has 0 aliphatic carbocycles. The lowest BCUT2D eigenvalue weighted by Crippen LogP contribution is -2.17. The standard InChI is InChI=1S/C18H19FN2O3S/c1-10(2)17-14-9-13(5-6-15(14)20-18(17)22)21-25(23,24)16-7-4-12(19)8-11(16)3/h4-10,17,21H,1-3H3,(H,20,22). The van der Waals surface area contributed by atoms with E-state index < -0.39 is 15.8 Å². The van der Waals surface area contributed by atoms with E-state index in [4.69, 9.17) is 0 Å². The second kappa shape index (κ2) is 6.15. The summed E-state index contributed by atoms with van der Waals surface area (Å²) in [5.41, 5.74) is 2.16. The van der Waals surface area contributed by atoms with Gasteiger partial charge in [-0.15, -0.1) is 0 Å². The van der Waals surface area contributed by atoms with E-state index in [1.54, 1.807) is 18.2 Å². The van der Waals surface area contributed by atoms with E-state index in [1.807, 2.05) is 13.8 Å². The van der Waals surface area contributed by atoms with Gasteiger partial charge in [-0.25, -0.2) is 12.8 Å². The average molecular weight is 362 g/mol. The summed E-state index contributed by atoms with van der Waals surface area (Å²) in [5, 5.41) is 2.81. The van der Waals surface area contributed by atoms with Gasteiger partial charge in [0.2, 0.25) is 5.91 Å². The van der Waals surface area contributed by atoms with E-state index in [-0.39, 0.29) is 22.6 Å². The third kappa shape index (κ3) is 3.24. The second-order valence-corrected chi connectivity index (χ2v) is 8.18. The van der Waals surface area contributed by atoms with Crippen molar-refractivity contribution in [3.63, 3.8) is 0 Å². The SMILES string of the molecule is Cc1cc(F)ccc1S(=O)(=O)Nc1ccc2c(c1)C(C(C)C)C(=O)N2. The fourth-order valence-corrected chi connectivity index (χ4v) is 4.41. The maximum Gasteiger partial charge on any atom is 0.262 e. The number of rotatable bonds is 4. The van der Waals surface area contributed by atoms with Crippen molar-refractivity contribution in [2.75, 3.05) is 10.0 Å². The smallest absolute Gasteiger partial charge is 0.262 e. The molecule has 1 amide bonds. The highest BCUT2D eigenvalue weighted by Crippen LogP contribution is 2.39. The summed E-state index contributed by atoms with van der Waals surface area (Å²) >= 11 is 0. The van der Waals surface area contributed by atoms with E-state index in [2.05, 4.69) is 10.0 Å². The highest BCUT2D eigenvalue weighted by atomic mass is 32.2. The molecule has 1 aliphatic heterocycles. The summed E-state index contributed by atoms with van der Waals surface area (Å²) in [4.78, 5) is 12.1. The third-order valence-electron chi connectivity index (χ3n) is 4.27. The number of halogens is 1. The number of hydrogen-bond donors (Lipinski definition) is 2. The number of fused-ring (bicyclic) bond motifs is 1. The normalized spacial score (nSPS) is 16.7. The van der Waals surface area contributed by atoms with Gasteiger partial charge in [0, 0.05) is 11.4 Å². The predicted molar refractivity (Wildman–Crippen MR) is 94.6 cm³/mol. The summed E-state index contributed by atoms with van der Waals surface area (Å²) < 4.78 is 40.9. The molecule has 2 aromatic rings. The van der Waals surface area contributed by atoms with Crippen LogP contribution in [0.3, 0.4) is 0 Å². The van der Waals surface area contributed by atoms with Gasteiger partial charge in [0.25, 0.3) is 10.0 Å². The van der Waals surface area contributed by atoms with Crippen LogP contribution in [0.25, 0.3) is 0 Å². The Morgan fingerprint density at radius 2 is 1.88 bits per heavy atom. The predicted octanol–water partition coefficient (Wildman–Crippen LogP) is 3.63. The molecule has 1 heterocycles. The first-order valence-corrected chi connectivity index (χ1v) is 9.41. The third-order valence-corrected chi connectivity index (χ3v) is 5.81. The molecule has 0 aromatic heterocycles. The van der Waals surface area contributed by atoms with Crippen molar-refractivity contribution in [3.8, 4) is 0 Å². The molecule has 3 rings (SSSR count). The van der Waals surface area contributed by atoms with E-state index in [0.717, 1.165) is 11.6 Å². The first-order chi connectivity index (χ1) is 11.7. The molecule has 0 bridgehead atoms. The summed E-state index contributed by atoms with van der Waals surface area (Å²) in [6, 6.07) is 8.48. The molecule has 7 heteroatoms. The highest BCUT2D eigenvalue weighted by molar-refractivity contribution is 7.92. The molecule has 1 atom stereocenters. The van der Waals surface area contributed by atoms with Crippen molar-refractivity contribution in [3.05, 3.63) is 53.3 Å². The lowest BCUT2D eigenvalue weighted by molar-refractivity contribution is -0.117. The van der Waals surface area contributed by atoms with Crippen LogP contribution >= 0.6 is 0 Å². The van der Waals surface area contributed by atoms with Crippen LogP contribution in [0.15, 0.2) is 41.3 Å². The zero-order chi connectivity index (χ0) is 18.4. The van der Waals surface area contributed by atoms with Crippen molar-refractivity contribution in [2.24, 2.45) is 5.92 Å². The zero-order valence-electron chi connectivity index (χ0n) is 14.1. The monoisotopic (exact) mass is 362 g/mol. The first-order valence-electron chi connectivity index (χ1n) is 7.93. The minimum absolute atomic E-state index is 0.0176. The Morgan fingerprint density at radius 1 is 1.16 bits per heavy atom. The van der Waals surface area contributed by atoms with Crippen LogP contribution < -0.4 is 10.0 Å². The van der Waals surface area contributed by atoms with E-state index in [0.29, 0.717) is 16.9 Å². The first kappa shape index (κ1) is 17.4. The Kier molecular flexibility index (Phi) is 4.28. The topological polar surface area (TPSA) is 75.3 Å². The van der Waals surface area contributed by atoms with Gasteiger partial charge < -0.3 is 5.32 Å². The van der Waals surface area contributed by atoms with Crippen LogP contribution in [-0.2, 0) is 14.8 Å². The second-order valence-electron chi connectivity index (χ2n) is 6.53. The number of amides is 1. The molecule has 0 saturated heterocycles. The van der Waals surface area contributed by atoms with Gasteiger partial charge >= 0.3 is 0 Å². The molecule has 1 aliphatic rings. The minimum Gasteiger partial charge on any atom is -0.325 e. The van der Waals surface area contributed by atoms with Crippen molar-refractivity contribution in [1.29, 1.82) is 0 Å². The maximum absolute atomic E-state index is 13.2. The molecule has 2 N–H and O–H groups in total. The molecule has 0 fully saturated rings. The number of carbonyl (C=O) groups excluding carboxylic acids is 1. The number of carbonyl (C=O) groups is 1. The van der Waals surface area contributed by atoms with Crippen LogP contribution in [0, 0.1) is 18.7 Å². The van der Waals surface area contributed by atoms with Gasteiger partial charge in [0.05, 0.1) is 10.8 Å². The number of sulfonamides is 1. The van der Waals surface area contributed by atoms with Gasteiger partial charge in [0.15, 0.2) is 0 Å². The van der Waals surface area contributed by atoms with Crippen LogP contribution in [0.4, 0.5) is 15.8 Å². The van der Waals surface area contributed by atoms with Crippen molar-refractivity contribution in [2.45, 2.75) is 31.6 Å². The van der Waals surface area contributed by atoms with Gasteiger partial charge in [0.1, 0.15) is 5.82 Å². The lowest BCUT2D eigenvalue weighted by atomic mass is 9.89. The number of nitrogens with one attached hydrogen (secondary N) is 2. The van der Waals surface area contributed by atoms with Gasteiger partial charge in [-0.05, 0) is 60.4 Å². The van der Waals surface area contributed by atoms with E-state index in [1.165, 1.54) is 19.1 Å². The highest BCUT2D eigenvalue weighted by Gasteiger charge is 2.33. The zero-order valence-corrected chi connectivity index (χ0v) is 14.9. The van der Waals surface area contributed by atoms with Gasteiger partial charge in [-0.3, -0.25) is 9.52 Å². The Morgan fingerprint density at radius 3 is 2.52 bits per heavy atom. The molecule has 5 nitrogen and oxygen atoms in total. The van der Waals surface area contributed by atoms with Gasteiger partial charge in [-0.2, -0.15) is 0 Å². The molecule has 0 radical (unpaired) electrons. The number of benzene rings is 2. The molecule has 2 aromatic carbocycles. The molecule has 132 valence electrons. The van der Waals surface area contributed by atoms with Crippen molar-refractivity contribution < 1.29 is 17.6 Å². The number of aryl methyl sites for hydroxylation is 1. The summed E-state index contributed by atoms with van der Waals surface area (Å²) in [6.45, 7) is 5.42. The molecule has 0 saturated carbocycles. The lowest BCUT2D eigenvalue weighted by Gasteiger charge is -2.15. The Labute approximate surface area is 146 Å². The van der Waals surface area contributed by atoms with Crippen LogP contribution in [0.1, 0.15) is 30.9 Å². The number of hydrogen-bond acceptors (Lipinski definition) is 3. The van der Waals surface area contributed by atoms with E-state index in [9.17, 15) is 17.6 Å². The number of anilines is 2. The van der Waals surface area contributed by atoms with Crippen molar-refractivity contribution in [1.82, 2.24) is 0 Å². The van der Waals surface area contributed by atoms with Crippen LogP contribution in [-0.4, -0.2) is 14.3 Å². The van der Waals surface area contributed by atoms with Crippen LogP contribution in [0.2, 0.25) is 0 Å². The summed E-state index contributed by atoms with van der Waals surface area (Å²) in [5.74, 6) is -0.794. The summed E-state index contributed by atoms with van der Waals surface area (Å²) in [7, 11) is -3.85. The van der Waals surface area contributed by atoms with E-state index >= 15 is 0 Å². The molecular weight excluding hydrogens is 343 g/mol. The fourth-order valence-electron chi connectivity index (χ4n) is 3.14. The Balaban J connectivity index is 1.95. The quantitative estimate of drug-likeness (QED) is 0.872. The van der Waals surface area contributed by atoms with Gasteiger partial charge in [-0.1, -0.05) is 13.8 Å². The summed E-state index contributed by atoms with van der Waals surface area (Å²) in [6.07, 6.45) is 0. The average Bonchev–Trinajstić information content (AvgIpc) is 2.81. The Bertz CT molecular complexity index is 955. The molecule has 25 heavy (non-hydrogen) atoms.